The van der Waals surface area contributed by atoms with Crippen molar-refractivity contribution in [2.24, 2.45) is 0 Å². The molecule has 0 fully saturated rings. The standard InChI is InChI=1S/C28H32ClN3O4S/c1-4-30-28(34)26(18-22-9-6-5-7-10-22)32(19-23-11-8-12-24(29)17-23)27(33)20-31(3)37(35,36)25-15-13-21(2)14-16-25/h5-17,26H,4,18-20H2,1-3H3,(H,30,34)/t26-/m1/s1. The summed E-state index contributed by atoms with van der Waals surface area (Å²) < 4.78 is 27.3. The fourth-order valence-electron chi connectivity index (χ4n) is 3.93. The van der Waals surface area contributed by atoms with Crippen LogP contribution in [-0.2, 0) is 32.6 Å². The minimum atomic E-state index is -3.91. The van der Waals surface area contributed by atoms with Gasteiger partial charge in [0.1, 0.15) is 6.04 Å². The van der Waals surface area contributed by atoms with Crippen molar-refractivity contribution >= 4 is 33.4 Å². The molecular weight excluding hydrogens is 510 g/mol. The lowest BCUT2D eigenvalue weighted by Gasteiger charge is -2.32. The number of aryl methyl sites for hydroxylation is 1. The van der Waals surface area contributed by atoms with Crippen molar-refractivity contribution in [1.82, 2.24) is 14.5 Å². The zero-order chi connectivity index (χ0) is 27.0. The zero-order valence-electron chi connectivity index (χ0n) is 21.2. The van der Waals surface area contributed by atoms with Crippen molar-refractivity contribution in [1.29, 1.82) is 0 Å². The first-order valence-electron chi connectivity index (χ1n) is 12.0. The predicted molar refractivity (Wildman–Crippen MR) is 146 cm³/mol. The molecule has 7 nitrogen and oxygen atoms in total. The van der Waals surface area contributed by atoms with Crippen molar-refractivity contribution in [2.75, 3.05) is 20.1 Å². The third-order valence-electron chi connectivity index (χ3n) is 5.95. The van der Waals surface area contributed by atoms with Crippen LogP contribution in [0.4, 0.5) is 0 Å². The van der Waals surface area contributed by atoms with Crippen LogP contribution in [0.5, 0.6) is 0 Å². The lowest BCUT2D eigenvalue weighted by atomic mass is 10.0. The van der Waals surface area contributed by atoms with Crippen molar-refractivity contribution in [3.8, 4) is 0 Å². The number of carbonyl (C=O) groups is 2. The maximum Gasteiger partial charge on any atom is 0.243 e. The van der Waals surface area contributed by atoms with Gasteiger partial charge in [0.15, 0.2) is 0 Å². The Labute approximate surface area is 224 Å². The highest BCUT2D eigenvalue weighted by molar-refractivity contribution is 7.89. The van der Waals surface area contributed by atoms with E-state index in [4.69, 9.17) is 11.6 Å². The van der Waals surface area contributed by atoms with Crippen LogP contribution in [0.25, 0.3) is 0 Å². The van der Waals surface area contributed by atoms with Gasteiger partial charge in [-0.15, -0.1) is 0 Å². The van der Waals surface area contributed by atoms with E-state index in [2.05, 4.69) is 5.32 Å². The molecule has 2 amide bonds. The van der Waals surface area contributed by atoms with Crippen LogP contribution in [0.2, 0.25) is 5.02 Å². The van der Waals surface area contributed by atoms with Gasteiger partial charge in [0.2, 0.25) is 21.8 Å². The molecule has 37 heavy (non-hydrogen) atoms. The predicted octanol–water partition coefficient (Wildman–Crippen LogP) is 4.05. The largest absolute Gasteiger partial charge is 0.355 e. The molecule has 1 atom stereocenters. The molecule has 1 N–H and O–H groups in total. The molecular formula is C28H32ClN3O4S. The molecule has 0 bridgehead atoms. The van der Waals surface area contributed by atoms with Gasteiger partial charge >= 0.3 is 0 Å². The van der Waals surface area contributed by atoms with E-state index in [9.17, 15) is 18.0 Å². The van der Waals surface area contributed by atoms with E-state index < -0.39 is 28.5 Å². The molecule has 0 heterocycles. The molecule has 0 aliphatic carbocycles. The van der Waals surface area contributed by atoms with Crippen LogP contribution in [0.1, 0.15) is 23.6 Å². The van der Waals surface area contributed by atoms with Crippen LogP contribution >= 0.6 is 11.6 Å². The van der Waals surface area contributed by atoms with E-state index >= 15 is 0 Å². The number of halogens is 1. The Bertz CT molecular complexity index is 1310. The minimum absolute atomic E-state index is 0.0897. The van der Waals surface area contributed by atoms with Crippen molar-refractivity contribution < 1.29 is 18.0 Å². The van der Waals surface area contributed by atoms with E-state index in [0.29, 0.717) is 11.6 Å². The fraction of sp³-hybridized carbons (Fsp3) is 0.286. The van der Waals surface area contributed by atoms with Crippen LogP contribution < -0.4 is 5.32 Å². The Kier molecular flexibility index (Phi) is 9.86. The fourth-order valence-corrected chi connectivity index (χ4v) is 5.27. The molecule has 3 rings (SSSR count). The van der Waals surface area contributed by atoms with E-state index in [1.165, 1.54) is 24.1 Å². The average molecular weight is 542 g/mol. The lowest BCUT2D eigenvalue weighted by Crippen LogP contribution is -2.53. The molecule has 0 aliphatic heterocycles. The molecule has 0 saturated heterocycles. The maximum atomic E-state index is 13.7. The third-order valence-corrected chi connectivity index (χ3v) is 8.00. The SMILES string of the molecule is CCNC(=O)[C@@H](Cc1ccccc1)N(Cc1cccc(Cl)c1)C(=O)CN(C)S(=O)(=O)c1ccc(C)cc1. The summed E-state index contributed by atoms with van der Waals surface area (Å²) >= 11 is 6.18. The molecule has 196 valence electrons. The van der Waals surface area contributed by atoms with Gasteiger partial charge < -0.3 is 10.2 Å². The molecule has 0 unspecified atom stereocenters. The van der Waals surface area contributed by atoms with Crippen LogP contribution in [0, 0.1) is 6.92 Å². The number of nitrogens with one attached hydrogen (secondary N) is 1. The van der Waals surface area contributed by atoms with Gasteiger partial charge in [-0.3, -0.25) is 9.59 Å². The van der Waals surface area contributed by atoms with Gasteiger partial charge in [0, 0.05) is 31.6 Å². The van der Waals surface area contributed by atoms with E-state index in [-0.39, 0.29) is 23.8 Å². The van der Waals surface area contributed by atoms with Gasteiger partial charge in [-0.2, -0.15) is 4.31 Å². The number of hydrogen-bond donors (Lipinski definition) is 1. The van der Waals surface area contributed by atoms with E-state index in [0.717, 1.165) is 21.0 Å². The summed E-state index contributed by atoms with van der Waals surface area (Å²) in [6.07, 6.45) is 0.271. The Hall–Kier alpha value is -3.20. The number of benzene rings is 3. The number of amides is 2. The number of carbonyl (C=O) groups excluding carboxylic acids is 2. The summed E-state index contributed by atoms with van der Waals surface area (Å²) in [5, 5.41) is 3.32. The minimum Gasteiger partial charge on any atom is -0.355 e. The monoisotopic (exact) mass is 541 g/mol. The first kappa shape index (κ1) is 28.4. The molecule has 9 heteroatoms. The van der Waals surface area contributed by atoms with Gasteiger partial charge in [-0.1, -0.05) is 71.8 Å². The summed E-state index contributed by atoms with van der Waals surface area (Å²) in [7, 11) is -2.55. The first-order valence-corrected chi connectivity index (χ1v) is 13.8. The Morgan fingerprint density at radius 1 is 0.946 bits per heavy atom. The van der Waals surface area contributed by atoms with Gasteiger partial charge in [-0.25, -0.2) is 8.42 Å². The van der Waals surface area contributed by atoms with E-state index in [1.54, 1.807) is 30.3 Å². The summed E-state index contributed by atoms with van der Waals surface area (Å²) in [5.74, 6) is -0.809. The third kappa shape index (κ3) is 7.64. The second-order valence-corrected chi connectivity index (χ2v) is 11.3. The number of rotatable bonds is 11. The van der Waals surface area contributed by atoms with Crippen LogP contribution in [-0.4, -0.2) is 55.6 Å². The highest BCUT2D eigenvalue weighted by Crippen LogP contribution is 2.20. The second kappa shape index (κ2) is 12.9. The number of hydrogen-bond acceptors (Lipinski definition) is 4. The smallest absolute Gasteiger partial charge is 0.243 e. The van der Waals surface area contributed by atoms with Gasteiger partial charge in [-0.05, 0) is 49.2 Å². The molecule has 0 aliphatic rings. The zero-order valence-corrected chi connectivity index (χ0v) is 22.8. The molecule has 0 aromatic heterocycles. The molecule has 3 aromatic carbocycles. The molecule has 0 saturated carbocycles. The normalized spacial score (nSPS) is 12.2. The summed E-state index contributed by atoms with van der Waals surface area (Å²) in [6, 6.07) is 22.0. The summed E-state index contributed by atoms with van der Waals surface area (Å²) in [4.78, 5) is 28.5. The van der Waals surface area contributed by atoms with Gasteiger partial charge in [0.25, 0.3) is 0 Å². The number of likely N-dealkylation sites (N-methyl/N-ethyl adjacent to an activating group) is 2. The quantitative estimate of drug-likeness (QED) is 0.397. The van der Waals surface area contributed by atoms with E-state index in [1.807, 2.05) is 50.2 Å². The summed E-state index contributed by atoms with van der Waals surface area (Å²) in [5.41, 5.74) is 2.53. The highest BCUT2D eigenvalue weighted by Gasteiger charge is 2.32. The highest BCUT2D eigenvalue weighted by atomic mass is 35.5. The molecule has 0 radical (unpaired) electrons. The average Bonchev–Trinajstić information content (AvgIpc) is 2.87. The first-order chi connectivity index (χ1) is 17.6. The van der Waals surface area contributed by atoms with Crippen molar-refractivity contribution in [3.05, 3.63) is 101 Å². The van der Waals surface area contributed by atoms with Crippen LogP contribution in [0.15, 0.2) is 83.8 Å². The Morgan fingerprint density at radius 2 is 1.59 bits per heavy atom. The maximum absolute atomic E-state index is 13.7. The number of sulfonamides is 1. The Morgan fingerprint density at radius 3 is 2.22 bits per heavy atom. The summed E-state index contributed by atoms with van der Waals surface area (Å²) in [6.45, 7) is 3.73. The van der Waals surface area contributed by atoms with Crippen molar-refractivity contribution in [3.63, 3.8) is 0 Å². The topological polar surface area (TPSA) is 86.8 Å². The number of nitrogens with zero attached hydrogens (tertiary/aromatic N) is 2. The Balaban J connectivity index is 1.95. The molecule has 3 aromatic rings. The van der Waals surface area contributed by atoms with Crippen molar-refractivity contribution in [2.45, 2.75) is 37.8 Å². The van der Waals surface area contributed by atoms with Crippen LogP contribution in [0.3, 0.4) is 0 Å². The molecule has 0 spiro atoms. The lowest BCUT2D eigenvalue weighted by molar-refractivity contribution is -0.141. The van der Waals surface area contributed by atoms with Gasteiger partial charge in [0.05, 0.1) is 11.4 Å². The second-order valence-electron chi connectivity index (χ2n) is 8.83.